The van der Waals surface area contributed by atoms with Gasteiger partial charge in [0.15, 0.2) is 0 Å². The van der Waals surface area contributed by atoms with Gasteiger partial charge in [-0.15, -0.1) is 0 Å². The summed E-state index contributed by atoms with van der Waals surface area (Å²) in [6.45, 7) is 10.6. The van der Waals surface area contributed by atoms with E-state index in [4.69, 9.17) is 0 Å². The molecule has 0 aliphatic heterocycles. The maximum Gasteiger partial charge on any atom is 0.138 e. The molecule has 0 aromatic heterocycles. The Labute approximate surface area is 82.9 Å². The van der Waals surface area contributed by atoms with Crippen LogP contribution in [0.15, 0.2) is 0 Å². The van der Waals surface area contributed by atoms with Crippen molar-refractivity contribution in [2.75, 3.05) is 0 Å². The molecular formula is C12H24O. The Morgan fingerprint density at radius 1 is 1.00 bits per heavy atom. The Morgan fingerprint density at radius 3 is 1.92 bits per heavy atom. The highest BCUT2D eigenvalue weighted by Gasteiger charge is 2.19. The van der Waals surface area contributed by atoms with Crippen molar-refractivity contribution in [3.8, 4) is 0 Å². The third-order valence-electron chi connectivity index (χ3n) is 3.04. The number of hydrogen-bond donors (Lipinski definition) is 0. The first-order valence-corrected chi connectivity index (χ1v) is 5.56. The van der Waals surface area contributed by atoms with Gasteiger partial charge in [-0.1, -0.05) is 41.0 Å². The van der Waals surface area contributed by atoms with Gasteiger partial charge in [-0.2, -0.15) is 0 Å². The lowest BCUT2D eigenvalue weighted by atomic mass is 9.86. The van der Waals surface area contributed by atoms with Crippen molar-refractivity contribution in [2.45, 2.75) is 53.9 Å². The third-order valence-corrected chi connectivity index (χ3v) is 3.04. The molecular weight excluding hydrogens is 160 g/mol. The van der Waals surface area contributed by atoms with Crippen LogP contribution in [0.5, 0.6) is 0 Å². The first-order chi connectivity index (χ1) is 6.02. The molecule has 3 unspecified atom stereocenters. The molecule has 0 rings (SSSR count). The van der Waals surface area contributed by atoms with Crippen molar-refractivity contribution < 1.29 is 4.79 Å². The average Bonchev–Trinajstić information content (AvgIpc) is 2.14. The first kappa shape index (κ1) is 12.7. The zero-order valence-electron chi connectivity index (χ0n) is 9.76. The maximum atomic E-state index is 11.7. The zero-order chi connectivity index (χ0) is 10.4. The van der Waals surface area contributed by atoms with Crippen LogP contribution >= 0.6 is 0 Å². The summed E-state index contributed by atoms with van der Waals surface area (Å²) in [6.07, 6.45) is 3.21. The van der Waals surface area contributed by atoms with Gasteiger partial charge in [-0.25, -0.2) is 0 Å². The molecule has 0 bridgehead atoms. The van der Waals surface area contributed by atoms with Crippen LogP contribution in [-0.2, 0) is 4.79 Å². The van der Waals surface area contributed by atoms with Gasteiger partial charge in [0, 0.05) is 11.8 Å². The molecule has 0 aromatic carbocycles. The van der Waals surface area contributed by atoms with Crippen LogP contribution in [0, 0.1) is 17.8 Å². The molecule has 0 fully saturated rings. The van der Waals surface area contributed by atoms with E-state index in [2.05, 4.69) is 27.7 Å². The van der Waals surface area contributed by atoms with Crippen LogP contribution in [0.3, 0.4) is 0 Å². The van der Waals surface area contributed by atoms with E-state index in [0.29, 0.717) is 11.7 Å². The number of Topliss-reactive ketones (excluding diaryl/α,β-unsaturated/α-hetero) is 1. The molecule has 0 amide bonds. The van der Waals surface area contributed by atoms with E-state index in [1.165, 1.54) is 6.42 Å². The molecule has 0 N–H and O–H groups in total. The van der Waals surface area contributed by atoms with E-state index in [9.17, 15) is 4.79 Å². The van der Waals surface area contributed by atoms with Crippen molar-refractivity contribution in [3.63, 3.8) is 0 Å². The largest absolute Gasteiger partial charge is 0.299 e. The SMILES string of the molecule is CCC(C)CC(C)C(=O)C(C)CC. The second-order valence-electron chi connectivity index (χ2n) is 4.36. The highest BCUT2D eigenvalue weighted by molar-refractivity contribution is 5.82. The van der Waals surface area contributed by atoms with Gasteiger partial charge in [0.05, 0.1) is 0 Å². The van der Waals surface area contributed by atoms with Crippen LogP contribution < -0.4 is 0 Å². The smallest absolute Gasteiger partial charge is 0.138 e. The lowest BCUT2D eigenvalue weighted by Gasteiger charge is -2.17. The molecule has 0 heterocycles. The van der Waals surface area contributed by atoms with Crippen molar-refractivity contribution >= 4 is 5.78 Å². The normalized spacial score (nSPS) is 17.9. The van der Waals surface area contributed by atoms with Crippen LogP contribution in [0.25, 0.3) is 0 Å². The predicted octanol–water partition coefficient (Wildman–Crippen LogP) is 3.67. The number of carbonyl (C=O) groups excluding carboxylic acids is 1. The minimum Gasteiger partial charge on any atom is -0.299 e. The zero-order valence-corrected chi connectivity index (χ0v) is 9.76. The quantitative estimate of drug-likeness (QED) is 0.615. The number of rotatable bonds is 6. The predicted molar refractivity (Wildman–Crippen MR) is 57.7 cm³/mol. The molecule has 0 aromatic rings. The summed E-state index contributed by atoms with van der Waals surface area (Å²) >= 11 is 0. The Hall–Kier alpha value is -0.330. The van der Waals surface area contributed by atoms with Crippen LogP contribution in [0.2, 0.25) is 0 Å². The molecule has 13 heavy (non-hydrogen) atoms. The van der Waals surface area contributed by atoms with E-state index in [1.54, 1.807) is 0 Å². The molecule has 0 spiro atoms. The van der Waals surface area contributed by atoms with E-state index in [0.717, 1.165) is 12.8 Å². The van der Waals surface area contributed by atoms with E-state index >= 15 is 0 Å². The van der Waals surface area contributed by atoms with E-state index in [-0.39, 0.29) is 11.8 Å². The fraction of sp³-hybridized carbons (Fsp3) is 0.917. The lowest BCUT2D eigenvalue weighted by Crippen LogP contribution is -2.20. The summed E-state index contributed by atoms with van der Waals surface area (Å²) in [5.41, 5.74) is 0. The highest BCUT2D eigenvalue weighted by atomic mass is 16.1. The highest BCUT2D eigenvalue weighted by Crippen LogP contribution is 2.19. The molecule has 0 saturated carbocycles. The first-order valence-electron chi connectivity index (χ1n) is 5.56. The number of hydrogen-bond acceptors (Lipinski definition) is 1. The Bertz CT molecular complexity index is 151. The van der Waals surface area contributed by atoms with Gasteiger partial charge in [0.2, 0.25) is 0 Å². The topological polar surface area (TPSA) is 17.1 Å². The van der Waals surface area contributed by atoms with Crippen molar-refractivity contribution in [3.05, 3.63) is 0 Å². The molecule has 0 radical (unpaired) electrons. The second kappa shape index (κ2) is 6.17. The molecule has 0 aliphatic carbocycles. The Balaban J connectivity index is 3.95. The number of carbonyl (C=O) groups is 1. The van der Waals surface area contributed by atoms with Crippen LogP contribution in [-0.4, -0.2) is 5.78 Å². The van der Waals surface area contributed by atoms with Gasteiger partial charge in [-0.05, 0) is 18.8 Å². The standard InChI is InChI=1S/C12H24O/c1-6-9(3)8-11(5)12(13)10(4)7-2/h9-11H,6-8H2,1-5H3. The molecule has 78 valence electrons. The van der Waals surface area contributed by atoms with Gasteiger partial charge in [0.25, 0.3) is 0 Å². The fourth-order valence-corrected chi connectivity index (χ4v) is 1.57. The van der Waals surface area contributed by atoms with Crippen molar-refractivity contribution in [2.24, 2.45) is 17.8 Å². The van der Waals surface area contributed by atoms with E-state index in [1.807, 2.05) is 6.92 Å². The van der Waals surface area contributed by atoms with Crippen LogP contribution in [0.1, 0.15) is 53.9 Å². The van der Waals surface area contributed by atoms with Gasteiger partial charge < -0.3 is 0 Å². The van der Waals surface area contributed by atoms with Gasteiger partial charge in [0.1, 0.15) is 5.78 Å². The summed E-state index contributed by atoms with van der Waals surface area (Å²) in [5.74, 6) is 1.63. The van der Waals surface area contributed by atoms with Crippen molar-refractivity contribution in [1.29, 1.82) is 0 Å². The summed E-state index contributed by atoms with van der Waals surface area (Å²) in [6, 6.07) is 0. The number of ketones is 1. The fourth-order valence-electron chi connectivity index (χ4n) is 1.57. The molecule has 1 nitrogen and oxygen atoms in total. The summed E-state index contributed by atoms with van der Waals surface area (Å²) < 4.78 is 0. The third kappa shape index (κ3) is 4.44. The van der Waals surface area contributed by atoms with E-state index < -0.39 is 0 Å². The molecule has 0 aliphatic rings. The molecule has 1 heteroatoms. The minimum atomic E-state index is 0.249. The average molecular weight is 184 g/mol. The lowest BCUT2D eigenvalue weighted by molar-refractivity contribution is -0.126. The Morgan fingerprint density at radius 2 is 1.54 bits per heavy atom. The van der Waals surface area contributed by atoms with Crippen LogP contribution in [0.4, 0.5) is 0 Å². The van der Waals surface area contributed by atoms with Gasteiger partial charge in [-0.3, -0.25) is 4.79 Å². The molecule has 0 saturated heterocycles. The Kier molecular flexibility index (Phi) is 6.02. The second-order valence-corrected chi connectivity index (χ2v) is 4.36. The van der Waals surface area contributed by atoms with Crippen molar-refractivity contribution in [1.82, 2.24) is 0 Å². The summed E-state index contributed by atoms with van der Waals surface area (Å²) in [7, 11) is 0. The minimum absolute atomic E-state index is 0.249. The summed E-state index contributed by atoms with van der Waals surface area (Å²) in [5, 5.41) is 0. The monoisotopic (exact) mass is 184 g/mol. The summed E-state index contributed by atoms with van der Waals surface area (Å²) in [4.78, 5) is 11.7. The maximum absolute atomic E-state index is 11.7. The molecule has 3 atom stereocenters. The van der Waals surface area contributed by atoms with Gasteiger partial charge >= 0.3 is 0 Å².